The summed E-state index contributed by atoms with van der Waals surface area (Å²) >= 11 is 0. The van der Waals surface area contributed by atoms with E-state index >= 15 is 0 Å². The molecule has 2 nitrogen and oxygen atoms in total. The van der Waals surface area contributed by atoms with Crippen molar-refractivity contribution < 1.29 is 31.5 Å². The fourth-order valence-electron chi connectivity index (χ4n) is 2.62. The molecule has 0 N–H and O–H groups in total. The zero-order valence-electron chi connectivity index (χ0n) is 14.6. The molecule has 0 bridgehead atoms. The van der Waals surface area contributed by atoms with E-state index in [0.29, 0.717) is 5.56 Å². The number of ether oxygens (including phenoxy) is 1. The number of benzene rings is 2. The van der Waals surface area contributed by atoms with Crippen LogP contribution in [0.5, 0.6) is 0 Å². The molecule has 0 aliphatic carbocycles. The second-order valence-electron chi connectivity index (χ2n) is 6.60. The van der Waals surface area contributed by atoms with Gasteiger partial charge in [0.2, 0.25) is 0 Å². The van der Waals surface area contributed by atoms with Crippen molar-refractivity contribution in [2.75, 3.05) is 0 Å². The Hall–Kier alpha value is -2.57. The smallest absolute Gasteiger partial charge is 0.436 e. The van der Waals surface area contributed by atoms with Crippen LogP contribution in [0.3, 0.4) is 0 Å². The van der Waals surface area contributed by atoms with Crippen molar-refractivity contribution >= 4 is 5.97 Å². The monoisotopic (exact) mass is 385 g/mol. The molecule has 0 saturated heterocycles. The fraction of sp³-hybridized carbons (Fsp3) is 0.300. The van der Waals surface area contributed by atoms with Crippen LogP contribution in [0.15, 0.2) is 60.7 Å². The molecule has 0 fully saturated rings. The van der Waals surface area contributed by atoms with Crippen molar-refractivity contribution in [3.8, 4) is 0 Å². The molecule has 0 heterocycles. The van der Waals surface area contributed by atoms with Crippen LogP contribution in [-0.4, -0.2) is 24.2 Å². The lowest BCUT2D eigenvalue weighted by molar-refractivity contribution is -0.261. The van der Waals surface area contributed by atoms with E-state index in [2.05, 4.69) is 4.74 Å². The van der Waals surface area contributed by atoms with E-state index in [9.17, 15) is 26.7 Å². The van der Waals surface area contributed by atoms with E-state index in [1.165, 1.54) is 56.3 Å². The highest BCUT2D eigenvalue weighted by Crippen LogP contribution is 2.42. The van der Waals surface area contributed by atoms with Crippen molar-refractivity contribution in [2.24, 2.45) is 0 Å². The number of hydrogen-bond donors (Lipinski definition) is 0. The first kappa shape index (κ1) is 20.7. The Morgan fingerprint density at radius 2 is 1.37 bits per heavy atom. The summed E-state index contributed by atoms with van der Waals surface area (Å²) < 4.78 is 73.3. The first-order valence-corrected chi connectivity index (χ1v) is 8.06. The van der Waals surface area contributed by atoms with Gasteiger partial charge >= 0.3 is 24.2 Å². The minimum absolute atomic E-state index is 0.245. The zero-order chi connectivity index (χ0) is 20.3. The molecule has 0 aliphatic rings. The van der Waals surface area contributed by atoms with Gasteiger partial charge in [-0.2, -0.15) is 22.0 Å². The van der Waals surface area contributed by atoms with E-state index in [1.807, 2.05) is 0 Å². The largest absolute Gasteiger partial charge is 0.437 e. The predicted molar refractivity (Wildman–Crippen MR) is 90.4 cm³/mol. The second-order valence-corrected chi connectivity index (χ2v) is 6.60. The van der Waals surface area contributed by atoms with Gasteiger partial charge in [0, 0.05) is 5.56 Å². The number of carbonyl (C=O) groups is 1. The molecule has 0 saturated carbocycles. The standard InChI is InChI=1S/C20H18F5O2/c1-18(2,15-11-7-4-8-12-15)13-19(21,22)17(20(23,24)25)27-16(26)14-9-5-3-6-10-14/h3-13,17H,1-2H3/q+1. The van der Waals surface area contributed by atoms with Crippen molar-refractivity contribution in [1.82, 2.24) is 0 Å². The maximum absolute atomic E-state index is 14.6. The van der Waals surface area contributed by atoms with Gasteiger partial charge in [0.05, 0.1) is 5.56 Å². The van der Waals surface area contributed by atoms with Gasteiger partial charge in [-0.05, 0) is 26.0 Å². The molecule has 0 spiro atoms. The van der Waals surface area contributed by atoms with Gasteiger partial charge in [-0.25, -0.2) is 4.79 Å². The highest BCUT2D eigenvalue weighted by molar-refractivity contribution is 5.89. The molecule has 7 heteroatoms. The minimum Gasteiger partial charge on any atom is -0.437 e. The van der Waals surface area contributed by atoms with Crippen LogP contribution < -0.4 is 0 Å². The molecule has 1 atom stereocenters. The molecule has 1 unspecified atom stereocenters. The van der Waals surface area contributed by atoms with E-state index in [4.69, 9.17) is 0 Å². The summed E-state index contributed by atoms with van der Waals surface area (Å²) in [7, 11) is 0. The van der Waals surface area contributed by atoms with Crippen LogP contribution in [0.1, 0.15) is 29.8 Å². The molecule has 2 rings (SSSR count). The molecule has 0 amide bonds. The highest BCUT2D eigenvalue weighted by atomic mass is 19.4. The van der Waals surface area contributed by atoms with Gasteiger partial charge in [0.15, 0.2) is 6.42 Å². The molecule has 0 aromatic heterocycles. The molecular formula is C20H18F5O2+. The third-order valence-electron chi connectivity index (χ3n) is 3.95. The average Bonchev–Trinajstić information content (AvgIpc) is 2.59. The first-order chi connectivity index (χ1) is 12.4. The van der Waals surface area contributed by atoms with Crippen LogP contribution in [0, 0.1) is 6.42 Å². The summed E-state index contributed by atoms with van der Waals surface area (Å²) in [6.07, 6.45) is -8.77. The second kappa shape index (κ2) is 7.58. The maximum Gasteiger partial charge on any atom is 0.436 e. The van der Waals surface area contributed by atoms with Crippen LogP contribution in [0.25, 0.3) is 0 Å². The Morgan fingerprint density at radius 3 is 1.85 bits per heavy atom. The predicted octanol–water partition coefficient (Wildman–Crippen LogP) is 5.59. The van der Waals surface area contributed by atoms with Crippen molar-refractivity contribution in [3.05, 3.63) is 78.2 Å². The number of hydrogen-bond acceptors (Lipinski definition) is 2. The van der Waals surface area contributed by atoms with Gasteiger partial charge in [0.1, 0.15) is 5.41 Å². The topological polar surface area (TPSA) is 26.3 Å². The molecule has 2 aromatic rings. The number of alkyl halides is 5. The first-order valence-electron chi connectivity index (χ1n) is 8.06. The Morgan fingerprint density at radius 1 is 0.889 bits per heavy atom. The quantitative estimate of drug-likeness (QED) is 0.368. The summed E-state index contributed by atoms with van der Waals surface area (Å²) in [5, 5.41) is 0. The summed E-state index contributed by atoms with van der Waals surface area (Å²) in [4.78, 5) is 11.9. The van der Waals surface area contributed by atoms with E-state index in [-0.39, 0.29) is 12.0 Å². The normalized spacial score (nSPS) is 13.7. The zero-order valence-corrected chi connectivity index (χ0v) is 14.6. The molecular weight excluding hydrogens is 367 g/mol. The number of carbonyl (C=O) groups excluding carboxylic acids is 1. The summed E-state index contributed by atoms with van der Waals surface area (Å²) in [6, 6.07) is 14.6. The Kier molecular flexibility index (Phi) is 5.82. The van der Waals surface area contributed by atoms with Crippen LogP contribution >= 0.6 is 0 Å². The van der Waals surface area contributed by atoms with Crippen molar-refractivity contribution in [2.45, 2.75) is 37.5 Å². The van der Waals surface area contributed by atoms with E-state index < -0.39 is 29.6 Å². The van der Waals surface area contributed by atoms with Crippen LogP contribution in [0.4, 0.5) is 22.0 Å². The van der Waals surface area contributed by atoms with Gasteiger partial charge in [-0.1, -0.05) is 48.5 Å². The van der Waals surface area contributed by atoms with E-state index in [1.54, 1.807) is 18.2 Å². The fourth-order valence-corrected chi connectivity index (χ4v) is 2.62. The van der Waals surface area contributed by atoms with Crippen LogP contribution in [0.2, 0.25) is 0 Å². The summed E-state index contributed by atoms with van der Waals surface area (Å²) in [6.45, 7) is 2.73. The number of halogens is 5. The van der Waals surface area contributed by atoms with E-state index in [0.717, 1.165) is 0 Å². The van der Waals surface area contributed by atoms with Crippen molar-refractivity contribution in [1.29, 1.82) is 0 Å². The highest BCUT2D eigenvalue weighted by Gasteiger charge is 2.66. The maximum atomic E-state index is 14.6. The lowest BCUT2D eigenvalue weighted by Gasteiger charge is -2.27. The van der Waals surface area contributed by atoms with Gasteiger partial charge in [-0.15, -0.1) is 0 Å². The van der Waals surface area contributed by atoms with Crippen LogP contribution in [-0.2, 0) is 10.2 Å². The van der Waals surface area contributed by atoms with Gasteiger partial charge in [-0.3, -0.25) is 0 Å². The van der Waals surface area contributed by atoms with Gasteiger partial charge < -0.3 is 4.74 Å². The molecule has 0 radical (unpaired) electrons. The Labute approximate surface area is 154 Å². The third kappa shape index (κ3) is 5.21. The lowest BCUT2D eigenvalue weighted by Crippen LogP contribution is -2.50. The summed E-state index contributed by atoms with van der Waals surface area (Å²) in [5.74, 6) is -5.91. The number of esters is 1. The molecule has 27 heavy (non-hydrogen) atoms. The molecule has 144 valence electrons. The molecule has 0 aliphatic heterocycles. The Balaban J connectivity index is 2.28. The number of rotatable bonds is 6. The average molecular weight is 385 g/mol. The lowest BCUT2D eigenvalue weighted by atomic mass is 9.78. The van der Waals surface area contributed by atoms with Crippen molar-refractivity contribution in [3.63, 3.8) is 0 Å². The molecule has 2 aromatic carbocycles. The third-order valence-corrected chi connectivity index (χ3v) is 3.95. The SMILES string of the molecule is CC(C)([CH+]C(F)(F)C(OC(=O)c1ccccc1)C(F)(F)F)c1ccccc1. The summed E-state index contributed by atoms with van der Waals surface area (Å²) in [5.41, 5.74) is -1.24. The van der Waals surface area contributed by atoms with Gasteiger partial charge in [0.25, 0.3) is 0 Å². The Bertz CT molecular complexity index is 755. The minimum atomic E-state index is -5.45.